The van der Waals surface area contributed by atoms with Crippen LogP contribution in [0.15, 0.2) is 12.1 Å². The molecule has 1 aromatic rings. The van der Waals surface area contributed by atoms with Gasteiger partial charge in [0.2, 0.25) is 0 Å². The quantitative estimate of drug-likeness (QED) is 0.806. The molecule has 0 aliphatic carbocycles. The second-order valence-corrected chi connectivity index (χ2v) is 4.78. The Hall–Kier alpha value is -1.55. The van der Waals surface area contributed by atoms with Crippen LogP contribution in [0.5, 0.6) is 5.75 Å². The van der Waals surface area contributed by atoms with Crippen molar-refractivity contribution in [2.45, 2.75) is 39.8 Å². The van der Waals surface area contributed by atoms with Crippen LogP contribution in [0.1, 0.15) is 36.6 Å². The topological polar surface area (TPSA) is 58.6 Å². The Kier molecular flexibility index (Phi) is 4.73. The summed E-state index contributed by atoms with van der Waals surface area (Å²) in [5.41, 5.74) is 2.32. The summed E-state index contributed by atoms with van der Waals surface area (Å²) in [6.07, 6.45) is 0. The van der Waals surface area contributed by atoms with Crippen LogP contribution in [0.25, 0.3) is 0 Å². The van der Waals surface area contributed by atoms with E-state index < -0.39 is 6.04 Å². The average Bonchev–Trinajstić information content (AvgIpc) is 2.31. The van der Waals surface area contributed by atoms with Crippen LogP contribution in [0.4, 0.5) is 0 Å². The highest BCUT2D eigenvalue weighted by Crippen LogP contribution is 2.26. The molecule has 1 rings (SSSR count). The third kappa shape index (κ3) is 3.23. The van der Waals surface area contributed by atoms with Crippen LogP contribution < -0.4 is 5.32 Å². The maximum absolute atomic E-state index is 11.8. The monoisotopic (exact) mass is 251 g/mol. The number of ether oxygens (including phenoxy) is 1. The minimum absolute atomic E-state index is 0.156. The number of carbonyl (C=O) groups excluding carboxylic acids is 1. The molecule has 0 spiro atoms. The fraction of sp³-hybridized carbons (Fsp3) is 0.500. The summed E-state index contributed by atoms with van der Waals surface area (Å²) in [5.74, 6) is -0.0555. The number of aromatic hydroxyl groups is 1. The number of methoxy groups -OCH3 is 1. The summed E-state index contributed by atoms with van der Waals surface area (Å²) in [6.45, 7) is 7.57. The van der Waals surface area contributed by atoms with E-state index in [9.17, 15) is 9.90 Å². The summed E-state index contributed by atoms with van der Waals surface area (Å²) in [5, 5.41) is 12.9. The molecule has 0 bridgehead atoms. The number of carbonyl (C=O) groups is 1. The van der Waals surface area contributed by atoms with Crippen molar-refractivity contribution in [1.82, 2.24) is 5.32 Å². The first-order valence-corrected chi connectivity index (χ1v) is 6.00. The number of phenolic OH excluding ortho intramolecular Hbond substituents is 1. The van der Waals surface area contributed by atoms with Gasteiger partial charge in [0.15, 0.2) is 0 Å². The summed E-state index contributed by atoms with van der Waals surface area (Å²) >= 11 is 0. The van der Waals surface area contributed by atoms with Gasteiger partial charge in [0.05, 0.1) is 7.11 Å². The van der Waals surface area contributed by atoms with Gasteiger partial charge in [-0.3, -0.25) is 5.32 Å². The zero-order valence-corrected chi connectivity index (χ0v) is 11.6. The van der Waals surface area contributed by atoms with Crippen molar-refractivity contribution >= 4 is 5.97 Å². The highest BCUT2D eigenvalue weighted by Gasteiger charge is 2.23. The molecule has 2 N–H and O–H groups in total. The van der Waals surface area contributed by atoms with Crippen molar-refractivity contribution < 1.29 is 14.6 Å². The van der Waals surface area contributed by atoms with Gasteiger partial charge in [-0.25, -0.2) is 4.79 Å². The number of hydrogen-bond acceptors (Lipinski definition) is 4. The number of phenols is 1. The van der Waals surface area contributed by atoms with Crippen LogP contribution >= 0.6 is 0 Å². The Balaban J connectivity index is 3.16. The zero-order chi connectivity index (χ0) is 13.9. The van der Waals surface area contributed by atoms with Crippen molar-refractivity contribution in [2.75, 3.05) is 7.11 Å². The highest BCUT2D eigenvalue weighted by molar-refractivity contribution is 5.78. The fourth-order valence-corrected chi connectivity index (χ4v) is 1.91. The Labute approximate surface area is 108 Å². The van der Waals surface area contributed by atoms with Gasteiger partial charge in [-0.1, -0.05) is 12.1 Å². The van der Waals surface area contributed by atoms with Gasteiger partial charge in [-0.2, -0.15) is 0 Å². The molecule has 4 nitrogen and oxygen atoms in total. The lowest BCUT2D eigenvalue weighted by molar-refractivity contribution is -0.143. The maximum atomic E-state index is 11.8. The molecule has 18 heavy (non-hydrogen) atoms. The minimum atomic E-state index is -0.506. The largest absolute Gasteiger partial charge is 0.507 e. The van der Waals surface area contributed by atoms with E-state index in [1.54, 1.807) is 12.1 Å². The molecule has 0 aromatic heterocycles. The lowest BCUT2D eigenvalue weighted by Crippen LogP contribution is -2.34. The van der Waals surface area contributed by atoms with Gasteiger partial charge in [-0.05, 0) is 44.4 Å². The maximum Gasteiger partial charge on any atom is 0.327 e. The predicted octanol–water partition coefficient (Wildman–Crippen LogP) is 2.22. The number of rotatable bonds is 4. The van der Waals surface area contributed by atoms with Crippen molar-refractivity contribution in [2.24, 2.45) is 0 Å². The van der Waals surface area contributed by atoms with Gasteiger partial charge in [0.25, 0.3) is 0 Å². The number of benzene rings is 1. The van der Waals surface area contributed by atoms with Crippen LogP contribution in [-0.2, 0) is 9.53 Å². The molecule has 0 aliphatic rings. The molecule has 0 saturated carbocycles. The average molecular weight is 251 g/mol. The first-order chi connectivity index (χ1) is 8.36. The molecule has 0 radical (unpaired) electrons. The smallest absolute Gasteiger partial charge is 0.327 e. The molecular weight excluding hydrogens is 230 g/mol. The Morgan fingerprint density at radius 2 is 1.78 bits per heavy atom. The molecule has 4 heteroatoms. The number of nitrogens with one attached hydrogen (secondary N) is 1. The molecule has 0 aliphatic heterocycles. The second-order valence-electron chi connectivity index (χ2n) is 4.78. The third-order valence-corrected chi connectivity index (χ3v) is 2.78. The Morgan fingerprint density at radius 3 is 2.17 bits per heavy atom. The molecule has 0 saturated heterocycles. The van der Waals surface area contributed by atoms with Crippen molar-refractivity contribution in [3.05, 3.63) is 28.8 Å². The Morgan fingerprint density at radius 1 is 1.28 bits per heavy atom. The fourth-order valence-electron chi connectivity index (χ4n) is 1.91. The number of esters is 1. The number of aryl methyl sites for hydroxylation is 2. The van der Waals surface area contributed by atoms with E-state index in [1.165, 1.54) is 7.11 Å². The summed E-state index contributed by atoms with van der Waals surface area (Å²) < 4.78 is 4.81. The van der Waals surface area contributed by atoms with E-state index in [1.807, 2.05) is 27.7 Å². The third-order valence-electron chi connectivity index (χ3n) is 2.78. The SMILES string of the molecule is COC(=O)C(NC(C)C)c1cc(C)c(O)c(C)c1. The second kappa shape index (κ2) is 5.87. The zero-order valence-electron chi connectivity index (χ0n) is 11.6. The van der Waals surface area contributed by atoms with Crippen molar-refractivity contribution in [1.29, 1.82) is 0 Å². The first-order valence-electron chi connectivity index (χ1n) is 6.00. The lowest BCUT2D eigenvalue weighted by Gasteiger charge is -2.20. The summed E-state index contributed by atoms with van der Waals surface area (Å²) in [4.78, 5) is 11.8. The van der Waals surface area contributed by atoms with E-state index in [0.717, 1.165) is 16.7 Å². The van der Waals surface area contributed by atoms with Gasteiger partial charge in [0.1, 0.15) is 11.8 Å². The first kappa shape index (κ1) is 14.5. The van der Waals surface area contributed by atoms with Crippen molar-refractivity contribution in [3.8, 4) is 5.75 Å². The molecular formula is C14H21NO3. The highest BCUT2D eigenvalue weighted by atomic mass is 16.5. The van der Waals surface area contributed by atoms with Gasteiger partial charge >= 0.3 is 5.97 Å². The van der Waals surface area contributed by atoms with E-state index in [0.29, 0.717) is 0 Å². The van der Waals surface area contributed by atoms with Gasteiger partial charge in [0, 0.05) is 6.04 Å². The molecule has 100 valence electrons. The van der Waals surface area contributed by atoms with Crippen molar-refractivity contribution in [3.63, 3.8) is 0 Å². The van der Waals surface area contributed by atoms with Gasteiger partial charge < -0.3 is 9.84 Å². The van der Waals surface area contributed by atoms with E-state index >= 15 is 0 Å². The van der Waals surface area contributed by atoms with Gasteiger partial charge in [-0.15, -0.1) is 0 Å². The molecule has 0 amide bonds. The van der Waals surface area contributed by atoms with E-state index in [2.05, 4.69) is 5.32 Å². The normalized spacial score (nSPS) is 12.6. The molecule has 1 atom stereocenters. The standard InChI is InChI=1S/C14H21NO3/c1-8(2)15-12(14(17)18-5)11-6-9(3)13(16)10(4)7-11/h6-8,12,15-16H,1-5H3. The summed E-state index contributed by atoms with van der Waals surface area (Å²) in [7, 11) is 1.37. The molecule has 0 fully saturated rings. The van der Waals surface area contributed by atoms with Crippen LogP contribution in [0.3, 0.4) is 0 Å². The predicted molar refractivity (Wildman–Crippen MR) is 70.6 cm³/mol. The lowest BCUT2D eigenvalue weighted by atomic mass is 9.99. The van der Waals surface area contributed by atoms with E-state index in [4.69, 9.17) is 4.74 Å². The number of hydrogen-bond donors (Lipinski definition) is 2. The molecule has 0 heterocycles. The van der Waals surface area contributed by atoms with E-state index in [-0.39, 0.29) is 17.8 Å². The van der Waals surface area contributed by atoms with Crippen LogP contribution in [0.2, 0.25) is 0 Å². The minimum Gasteiger partial charge on any atom is -0.507 e. The Bertz CT molecular complexity index is 418. The van der Waals surface area contributed by atoms with Crippen LogP contribution in [0, 0.1) is 13.8 Å². The summed E-state index contributed by atoms with van der Waals surface area (Å²) in [6, 6.07) is 3.26. The molecule has 1 unspecified atom stereocenters. The van der Waals surface area contributed by atoms with Crippen LogP contribution in [-0.4, -0.2) is 24.2 Å². The molecule has 1 aromatic carbocycles.